The maximum atomic E-state index is 12.2. The molecule has 104 valence electrons. The molecule has 1 aromatic heterocycles. The molecule has 2 unspecified atom stereocenters. The normalized spacial score (nSPS) is 27.0. The molecular formula is C14H22N4O. The van der Waals surface area contributed by atoms with E-state index in [9.17, 15) is 4.79 Å². The van der Waals surface area contributed by atoms with Gasteiger partial charge in [-0.25, -0.2) is 9.97 Å². The van der Waals surface area contributed by atoms with Crippen molar-refractivity contribution in [3.63, 3.8) is 0 Å². The highest BCUT2D eigenvalue weighted by molar-refractivity contribution is 5.86. The molecular weight excluding hydrogens is 240 g/mol. The number of amides is 1. The van der Waals surface area contributed by atoms with Crippen molar-refractivity contribution in [2.75, 3.05) is 0 Å². The Balaban J connectivity index is 1.94. The molecule has 19 heavy (non-hydrogen) atoms. The first-order valence-corrected chi connectivity index (χ1v) is 6.85. The van der Waals surface area contributed by atoms with Crippen LogP contribution in [-0.4, -0.2) is 21.4 Å². The Kier molecular flexibility index (Phi) is 4.14. The van der Waals surface area contributed by atoms with Gasteiger partial charge in [0.05, 0.1) is 17.8 Å². The van der Waals surface area contributed by atoms with Gasteiger partial charge in [0.15, 0.2) is 0 Å². The molecule has 1 fully saturated rings. The van der Waals surface area contributed by atoms with Crippen LogP contribution in [0.1, 0.15) is 44.1 Å². The molecule has 1 heterocycles. The zero-order valence-corrected chi connectivity index (χ0v) is 11.6. The molecule has 5 nitrogen and oxygen atoms in total. The van der Waals surface area contributed by atoms with Gasteiger partial charge in [-0.15, -0.1) is 0 Å². The van der Waals surface area contributed by atoms with Crippen molar-refractivity contribution < 1.29 is 4.79 Å². The summed E-state index contributed by atoms with van der Waals surface area (Å²) in [5.74, 6) is 1.17. The summed E-state index contributed by atoms with van der Waals surface area (Å²) in [5, 5.41) is 2.90. The number of aromatic nitrogens is 2. The second-order valence-corrected chi connectivity index (χ2v) is 5.64. The number of hydrogen-bond donors (Lipinski definition) is 2. The molecule has 1 saturated carbocycles. The van der Waals surface area contributed by atoms with Crippen molar-refractivity contribution in [2.24, 2.45) is 11.7 Å². The summed E-state index contributed by atoms with van der Waals surface area (Å²) in [6.07, 6.45) is 5.42. The molecule has 1 amide bonds. The topological polar surface area (TPSA) is 80.9 Å². The largest absolute Gasteiger partial charge is 0.349 e. The Hall–Kier alpha value is -1.49. The molecule has 0 bridgehead atoms. The van der Waals surface area contributed by atoms with E-state index in [0.717, 1.165) is 31.4 Å². The number of nitrogens with one attached hydrogen (secondary N) is 1. The highest BCUT2D eigenvalue weighted by atomic mass is 16.2. The Morgan fingerprint density at radius 1 is 1.63 bits per heavy atom. The van der Waals surface area contributed by atoms with Crippen LogP contribution in [0.3, 0.4) is 0 Å². The molecule has 0 aliphatic heterocycles. The van der Waals surface area contributed by atoms with Crippen LogP contribution in [0.2, 0.25) is 0 Å². The van der Waals surface area contributed by atoms with Crippen LogP contribution in [-0.2, 0) is 11.3 Å². The number of nitrogens with two attached hydrogens (primary N) is 1. The lowest BCUT2D eigenvalue weighted by Crippen LogP contribution is -2.56. The standard InChI is InChI=1S/C14H22N4O/c1-10-4-3-6-14(15,8-10)13(19)17-9-12-5-7-16-11(2)18-12/h5,7,10H,3-4,6,8-9,15H2,1-2H3,(H,17,19). The predicted octanol–water partition coefficient (Wildman–Crippen LogP) is 1.31. The molecule has 3 N–H and O–H groups in total. The molecule has 0 spiro atoms. The molecule has 1 aliphatic carbocycles. The van der Waals surface area contributed by atoms with E-state index in [1.165, 1.54) is 0 Å². The first kappa shape index (κ1) is 13.9. The third-order valence-electron chi connectivity index (χ3n) is 3.75. The van der Waals surface area contributed by atoms with E-state index in [-0.39, 0.29) is 5.91 Å². The number of nitrogens with zero attached hydrogens (tertiary/aromatic N) is 2. The van der Waals surface area contributed by atoms with Crippen molar-refractivity contribution in [2.45, 2.75) is 51.6 Å². The van der Waals surface area contributed by atoms with Gasteiger partial charge in [0.1, 0.15) is 5.82 Å². The van der Waals surface area contributed by atoms with Gasteiger partial charge in [0.2, 0.25) is 5.91 Å². The second-order valence-electron chi connectivity index (χ2n) is 5.64. The van der Waals surface area contributed by atoms with Crippen molar-refractivity contribution >= 4 is 5.91 Å². The molecule has 0 saturated heterocycles. The Morgan fingerprint density at radius 2 is 2.42 bits per heavy atom. The summed E-state index contributed by atoms with van der Waals surface area (Å²) in [4.78, 5) is 20.5. The van der Waals surface area contributed by atoms with E-state index in [0.29, 0.717) is 18.3 Å². The van der Waals surface area contributed by atoms with Crippen molar-refractivity contribution in [1.29, 1.82) is 0 Å². The highest BCUT2D eigenvalue weighted by Gasteiger charge is 2.37. The molecule has 1 aromatic rings. The average molecular weight is 262 g/mol. The van der Waals surface area contributed by atoms with E-state index in [1.807, 2.05) is 6.92 Å². The van der Waals surface area contributed by atoms with E-state index < -0.39 is 5.54 Å². The Labute approximate surface area is 114 Å². The number of rotatable bonds is 3. The van der Waals surface area contributed by atoms with Crippen molar-refractivity contribution in [3.8, 4) is 0 Å². The Bertz CT molecular complexity index is 463. The van der Waals surface area contributed by atoms with E-state index >= 15 is 0 Å². The van der Waals surface area contributed by atoms with Crippen LogP contribution in [0.25, 0.3) is 0 Å². The number of carbonyl (C=O) groups is 1. The van der Waals surface area contributed by atoms with E-state index in [2.05, 4.69) is 22.2 Å². The molecule has 1 aliphatic rings. The number of carbonyl (C=O) groups excluding carboxylic acids is 1. The molecule has 0 radical (unpaired) electrons. The summed E-state index contributed by atoms with van der Waals surface area (Å²) >= 11 is 0. The van der Waals surface area contributed by atoms with Crippen LogP contribution in [0.4, 0.5) is 0 Å². The zero-order chi connectivity index (χ0) is 13.9. The minimum Gasteiger partial charge on any atom is -0.349 e. The fourth-order valence-electron chi connectivity index (χ4n) is 2.75. The third kappa shape index (κ3) is 3.50. The lowest BCUT2D eigenvalue weighted by atomic mass is 9.76. The SMILES string of the molecule is Cc1nccc(CNC(=O)C2(N)CCCC(C)C2)n1. The molecule has 5 heteroatoms. The van der Waals surface area contributed by atoms with Crippen LogP contribution < -0.4 is 11.1 Å². The zero-order valence-electron chi connectivity index (χ0n) is 11.6. The Morgan fingerprint density at radius 3 is 3.11 bits per heavy atom. The fourth-order valence-corrected chi connectivity index (χ4v) is 2.75. The minimum absolute atomic E-state index is 0.0599. The highest BCUT2D eigenvalue weighted by Crippen LogP contribution is 2.30. The maximum Gasteiger partial charge on any atom is 0.240 e. The number of hydrogen-bond acceptors (Lipinski definition) is 4. The van der Waals surface area contributed by atoms with Crippen LogP contribution >= 0.6 is 0 Å². The fraction of sp³-hybridized carbons (Fsp3) is 0.643. The molecule has 2 rings (SSSR count). The van der Waals surface area contributed by atoms with Crippen molar-refractivity contribution in [1.82, 2.24) is 15.3 Å². The summed E-state index contributed by atoms with van der Waals surface area (Å²) in [5.41, 5.74) is 6.35. The minimum atomic E-state index is -0.709. The van der Waals surface area contributed by atoms with Crippen LogP contribution in [0.15, 0.2) is 12.3 Å². The molecule has 0 aromatic carbocycles. The second kappa shape index (κ2) is 5.65. The lowest BCUT2D eigenvalue weighted by Gasteiger charge is -2.35. The summed E-state index contributed by atoms with van der Waals surface area (Å²) < 4.78 is 0. The summed E-state index contributed by atoms with van der Waals surface area (Å²) in [6.45, 7) is 4.40. The van der Waals surface area contributed by atoms with Gasteiger partial charge in [-0.3, -0.25) is 4.79 Å². The van der Waals surface area contributed by atoms with Crippen LogP contribution in [0, 0.1) is 12.8 Å². The van der Waals surface area contributed by atoms with Crippen LogP contribution in [0.5, 0.6) is 0 Å². The van der Waals surface area contributed by atoms with Gasteiger partial charge < -0.3 is 11.1 Å². The smallest absolute Gasteiger partial charge is 0.240 e. The number of aryl methyl sites for hydroxylation is 1. The first-order chi connectivity index (χ1) is 8.99. The quantitative estimate of drug-likeness (QED) is 0.860. The van der Waals surface area contributed by atoms with Crippen molar-refractivity contribution in [3.05, 3.63) is 23.8 Å². The van der Waals surface area contributed by atoms with Gasteiger partial charge in [-0.1, -0.05) is 19.8 Å². The summed E-state index contributed by atoms with van der Waals surface area (Å²) in [7, 11) is 0. The van der Waals surface area contributed by atoms with Gasteiger partial charge in [0, 0.05) is 6.20 Å². The first-order valence-electron chi connectivity index (χ1n) is 6.85. The van der Waals surface area contributed by atoms with Gasteiger partial charge in [-0.2, -0.15) is 0 Å². The van der Waals surface area contributed by atoms with Gasteiger partial charge in [0.25, 0.3) is 0 Å². The maximum absolute atomic E-state index is 12.2. The average Bonchev–Trinajstić information content (AvgIpc) is 2.35. The van der Waals surface area contributed by atoms with E-state index in [1.54, 1.807) is 12.3 Å². The van der Waals surface area contributed by atoms with Gasteiger partial charge in [-0.05, 0) is 31.7 Å². The lowest BCUT2D eigenvalue weighted by molar-refractivity contribution is -0.128. The third-order valence-corrected chi connectivity index (χ3v) is 3.75. The van der Waals surface area contributed by atoms with Gasteiger partial charge >= 0.3 is 0 Å². The monoisotopic (exact) mass is 262 g/mol. The van der Waals surface area contributed by atoms with E-state index in [4.69, 9.17) is 5.73 Å². The summed E-state index contributed by atoms with van der Waals surface area (Å²) in [6, 6.07) is 1.81. The predicted molar refractivity (Wildman–Crippen MR) is 73.2 cm³/mol. The molecule has 2 atom stereocenters.